The summed E-state index contributed by atoms with van der Waals surface area (Å²) >= 11 is 0. The molecular weight excluding hydrogens is 514 g/mol. The highest BCUT2D eigenvalue weighted by molar-refractivity contribution is 7.89. The first-order chi connectivity index (χ1) is 18.2. The Morgan fingerprint density at radius 3 is 2.63 bits per heavy atom. The number of amides is 1. The smallest absolute Gasteiger partial charge is 0.276 e. The second kappa shape index (κ2) is 11.8. The maximum absolute atomic E-state index is 13.6. The van der Waals surface area contributed by atoms with Gasteiger partial charge in [-0.3, -0.25) is 14.8 Å². The Kier molecular flexibility index (Phi) is 8.67. The van der Waals surface area contributed by atoms with Crippen LogP contribution < -0.4 is 26.2 Å². The van der Waals surface area contributed by atoms with Crippen LogP contribution >= 0.6 is 0 Å². The molecule has 1 unspecified atom stereocenters. The Hall–Kier alpha value is -3.04. The van der Waals surface area contributed by atoms with E-state index in [-0.39, 0.29) is 41.8 Å². The zero-order valence-electron chi connectivity index (χ0n) is 21.9. The SMILES string of the molecule is CCCC1NN(C)c2c1nc(-c1cc(S(=O)(=O)N3CCN(CCC(=O)NO)CC3)ccc1OCC)[nH]c2=O. The standard InChI is InChI=1S/C24H35N7O6S/c1-4-6-18-21-22(29(3)27-18)24(33)26-23(25-21)17-15-16(7-8-19(17)37-5-2)38(35,36)31-13-11-30(12-14-31)10-9-20(32)28-34/h7-8,15,18,27,34H,4-6,9-14H2,1-3H3,(H,28,32)(H,25,26,33). The third-order valence-electron chi connectivity index (χ3n) is 6.77. The minimum atomic E-state index is -3.84. The van der Waals surface area contributed by atoms with Gasteiger partial charge in [0.15, 0.2) is 0 Å². The van der Waals surface area contributed by atoms with Crippen molar-refractivity contribution in [2.75, 3.05) is 51.4 Å². The van der Waals surface area contributed by atoms with Crippen LogP contribution in [0, 0.1) is 0 Å². The van der Waals surface area contributed by atoms with Crippen molar-refractivity contribution in [1.82, 2.24) is 30.1 Å². The maximum Gasteiger partial charge on any atom is 0.276 e. The molecule has 0 aliphatic carbocycles. The van der Waals surface area contributed by atoms with Gasteiger partial charge in [-0.15, -0.1) is 0 Å². The molecule has 1 aromatic carbocycles. The molecule has 208 valence electrons. The van der Waals surface area contributed by atoms with Crippen molar-refractivity contribution in [1.29, 1.82) is 0 Å². The van der Waals surface area contributed by atoms with Crippen molar-refractivity contribution >= 4 is 21.6 Å². The van der Waals surface area contributed by atoms with Crippen LogP contribution in [0.2, 0.25) is 0 Å². The molecule has 2 aliphatic heterocycles. The Bertz CT molecular complexity index is 1320. The Balaban J connectivity index is 1.63. The lowest BCUT2D eigenvalue weighted by Crippen LogP contribution is -2.49. The average molecular weight is 550 g/mol. The third-order valence-corrected chi connectivity index (χ3v) is 8.66. The summed E-state index contributed by atoms with van der Waals surface area (Å²) in [4.78, 5) is 33.9. The molecule has 1 atom stereocenters. The molecule has 0 radical (unpaired) electrons. The van der Waals surface area contributed by atoms with Gasteiger partial charge in [-0.2, -0.15) is 4.31 Å². The first-order valence-corrected chi connectivity index (χ1v) is 14.2. The van der Waals surface area contributed by atoms with Crippen molar-refractivity contribution in [3.63, 3.8) is 0 Å². The molecule has 38 heavy (non-hydrogen) atoms. The number of nitrogens with one attached hydrogen (secondary N) is 3. The van der Waals surface area contributed by atoms with E-state index in [4.69, 9.17) is 14.9 Å². The number of fused-ring (bicyclic) bond motifs is 1. The van der Waals surface area contributed by atoms with Gasteiger partial charge >= 0.3 is 0 Å². The number of anilines is 1. The number of aromatic amines is 1. The monoisotopic (exact) mass is 549 g/mol. The van der Waals surface area contributed by atoms with Gasteiger partial charge in [-0.25, -0.2) is 24.3 Å². The number of aromatic nitrogens is 2. The fourth-order valence-electron chi connectivity index (χ4n) is 4.82. The van der Waals surface area contributed by atoms with Crippen molar-refractivity contribution in [3.8, 4) is 17.1 Å². The number of benzene rings is 1. The molecule has 14 heteroatoms. The number of piperazine rings is 1. The van der Waals surface area contributed by atoms with Gasteiger partial charge < -0.3 is 19.6 Å². The molecule has 13 nitrogen and oxygen atoms in total. The fourth-order valence-corrected chi connectivity index (χ4v) is 6.27. The van der Waals surface area contributed by atoms with Crippen molar-refractivity contribution < 1.29 is 23.2 Å². The third kappa shape index (κ3) is 5.68. The van der Waals surface area contributed by atoms with Crippen LogP contribution in [0.1, 0.15) is 44.8 Å². The number of hydrogen-bond acceptors (Lipinski definition) is 10. The second-order valence-corrected chi connectivity index (χ2v) is 11.2. The van der Waals surface area contributed by atoms with Gasteiger partial charge in [0.25, 0.3) is 5.56 Å². The quantitative estimate of drug-likeness (QED) is 0.247. The highest BCUT2D eigenvalue weighted by atomic mass is 32.2. The van der Waals surface area contributed by atoms with E-state index in [1.807, 2.05) is 11.8 Å². The topological polar surface area (TPSA) is 160 Å². The molecular formula is C24H35N7O6S. The largest absolute Gasteiger partial charge is 0.493 e. The number of rotatable bonds is 10. The Labute approximate surface area is 221 Å². The minimum absolute atomic E-state index is 0.0764. The van der Waals surface area contributed by atoms with E-state index in [0.29, 0.717) is 48.9 Å². The summed E-state index contributed by atoms with van der Waals surface area (Å²) in [5.74, 6) is 0.191. The predicted octanol–water partition coefficient (Wildman–Crippen LogP) is 0.833. The first kappa shape index (κ1) is 28.0. The van der Waals surface area contributed by atoms with Crippen LogP contribution in [0.3, 0.4) is 0 Å². The molecule has 1 aromatic heterocycles. The van der Waals surface area contributed by atoms with Crippen LogP contribution in [0.5, 0.6) is 5.75 Å². The lowest BCUT2D eigenvalue weighted by Gasteiger charge is -2.33. The number of sulfonamides is 1. The molecule has 4 N–H and O–H groups in total. The molecule has 0 spiro atoms. The number of carbonyl (C=O) groups excluding carboxylic acids is 1. The summed E-state index contributed by atoms with van der Waals surface area (Å²) in [6.07, 6.45) is 1.81. The number of carbonyl (C=O) groups is 1. The number of hydrazine groups is 1. The van der Waals surface area contributed by atoms with Crippen LogP contribution in [-0.2, 0) is 14.8 Å². The van der Waals surface area contributed by atoms with Gasteiger partial charge in [0.1, 0.15) is 17.3 Å². The molecule has 0 bridgehead atoms. The number of H-pyrrole nitrogens is 1. The van der Waals surface area contributed by atoms with Gasteiger partial charge in [-0.1, -0.05) is 13.3 Å². The van der Waals surface area contributed by atoms with E-state index < -0.39 is 15.9 Å². The van der Waals surface area contributed by atoms with E-state index in [1.54, 1.807) is 23.6 Å². The summed E-state index contributed by atoms with van der Waals surface area (Å²) in [5, 5.41) is 10.3. The normalized spacial score (nSPS) is 18.4. The minimum Gasteiger partial charge on any atom is -0.493 e. The first-order valence-electron chi connectivity index (χ1n) is 12.8. The molecule has 3 heterocycles. The second-order valence-electron chi connectivity index (χ2n) is 9.30. The molecule has 1 amide bonds. The lowest BCUT2D eigenvalue weighted by molar-refractivity contribution is -0.129. The van der Waals surface area contributed by atoms with Crippen molar-refractivity contribution in [2.45, 2.75) is 44.0 Å². The van der Waals surface area contributed by atoms with Crippen molar-refractivity contribution in [3.05, 3.63) is 34.2 Å². The summed E-state index contributed by atoms with van der Waals surface area (Å²) in [5.41, 5.74) is 6.01. The number of hydrogen-bond donors (Lipinski definition) is 4. The van der Waals surface area contributed by atoms with Crippen LogP contribution in [0.4, 0.5) is 5.69 Å². The summed E-state index contributed by atoms with van der Waals surface area (Å²) in [7, 11) is -2.07. The van der Waals surface area contributed by atoms with E-state index in [9.17, 15) is 18.0 Å². The highest BCUT2D eigenvalue weighted by Crippen LogP contribution is 2.35. The highest BCUT2D eigenvalue weighted by Gasteiger charge is 2.32. The zero-order valence-corrected chi connectivity index (χ0v) is 22.7. The Morgan fingerprint density at radius 1 is 1.24 bits per heavy atom. The molecule has 2 aliphatic rings. The zero-order chi connectivity index (χ0) is 27.4. The summed E-state index contributed by atoms with van der Waals surface area (Å²) < 4.78 is 34.3. The van der Waals surface area contributed by atoms with E-state index >= 15 is 0 Å². The Morgan fingerprint density at radius 2 is 1.97 bits per heavy atom. The number of nitrogens with zero attached hydrogens (tertiary/aromatic N) is 4. The van der Waals surface area contributed by atoms with E-state index in [0.717, 1.165) is 12.8 Å². The molecule has 0 saturated carbocycles. The van der Waals surface area contributed by atoms with Crippen LogP contribution in [0.15, 0.2) is 27.9 Å². The van der Waals surface area contributed by atoms with Gasteiger partial charge in [0.2, 0.25) is 15.9 Å². The van der Waals surface area contributed by atoms with Crippen LogP contribution in [0.25, 0.3) is 11.4 Å². The van der Waals surface area contributed by atoms with Gasteiger partial charge in [0, 0.05) is 46.2 Å². The number of hydroxylamine groups is 1. The molecule has 4 rings (SSSR count). The van der Waals surface area contributed by atoms with Crippen LogP contribution in [-0.4, -0.2) is 85.1 Å². The van der Waals surface area contributed by atoms with Gasteiger partial charge in [-0.05, 0) is 31.5 Å². The molecule has 2 aromatic rings. The molecule has 1 saturated heterocycles. The maximum atomic E-state index is 13.6. The fraction of sp³-hybridized carbons (Fsp3) is 0.542. The lowest BCUT2D eigenvalue weighted by atomic mass is 10.1. The predicted molar refractivity (Wildman–Crippen MR) is 140 cm³/mol. The van der Waals surface area contributed by atoms with E-state index in [2.05, 4.69) is 17.3 Å². The van der Waals surface area contributed by atoms with E-state index in [1.165, 1.54) is 16.4 Å². The van der Waals surface area contributed by atoms with Crippen molar-refractivity contribution in [2.24, 2.45) is 0 Å². The average Bonchev–Trinajstić information content (AvgIpc) is 3.23. The summed E-state index contributed by atoms with van der Waals surface area (Å²) in [6, 6.07) is 4.48. The van der Waals surface area contributed by atoms with Gasteiger partial charge in [0.05, 0.1) is 28.8 Å². The molecule has 1 fully saturated rings. The summed E-state index contributed by atoms with van der Waals surface area (Å²) in [6.45, 7) is 6.10. The number of ether oxygens (including phenoxy) is 1.